The normalized spacial score (nSPS) is 44.8. The molecular formula is C24H40O4S. The molecule has 3 aliphatic rings. The number of aliphatic hydroxyl groups is 1. The molecule has 7 atom stereocenters. The number of carbonyl (C=O) groups is 2. The first-order valence-electron chi connectivity index (χ1n) is 11.4. The third-order valence-electron chi connectivity index (χ3n) is 9.25. The molecule has 2 bridgehead atoms. The molecule has 3 saturated carbocycles. The number of hydrogen-bond acceptors (Lipinski definition) is 5. The van der Waals surface area contributed by atoms with E-state index >= 15 is 0 Å². The molecule has 7 unspecified atom stereocenters. The standard InChI is InChI=1S/C24H40O4S/c1-15-7-8-17(25)9-11-24-12-10-18(24)23(15,5)19(28-20(26)14-29-6)13-22(3,4)21(27)16(24)2/h15-16,18-19,21,27H,7-14H2,1-6H3. The molecule has 3 aliphatic carbocycles. The minimum absolute atomic E-state index is 0.0374. The Morgan fingerprint density at radius 1 is 1.17 bits per heavy atom. The van der Waals surface area contributed by atoms with E-state index in [1.165, 1.54) is 11.8 Å². The lowest BCUT2D eigenvalue weighted by Crippen LogP contribution is -2.64. The van der Waals surface area contributed by atoms with Crippen molar-refractivity contribution in [2.24, 2.45) is 34.0 Å². The van der Waals surface area contributed by atoms with Crippen LogP contribution in [0.1, 0.15) is 79.6 Å². The molecule has 0 radical (unpaired) electrons. The van der Waals surface area contributed by atoms with Crippen molar-refractivity contribution in [2.45, 2.75) is 91.8 Å². The summed E-state index contributed by atoms with van der Waals surface area (Å²) in [5.41, 5.74) is -0.566. The van der Waals surface area contributed by atoms with Crippen LogP contribution in [0.3, 0.4) is 0 Å². The Morgan fingerprint density at radius 3 is 2.45 bits per heavy atom. The second-order valence-corrected chi connectivity index (χ2v) is 11.9. The van der Waals surface area contributed by atoms with E-state index in [1.54, 1.807) is 0 Å². The molecule has 0 amide bonds. The first kappa shape index (κ1) is 23.1. The Bertz CT molecular complexity index is 647. The average Bonchev–Trinajstić information content (AvgIpc) is 2.65. The molecule has 0 aromatic carbocycles. The van der Waals surface area contributed by atoms with Crippen LogP contribution in [0.5, 0.6) is 0 Å². The van der Waals surface area contributed by atoms with Gasteiger partial charge in [-0.25, -0.2) is 0 Å². The van der Waals surface area contributed by atoms with Crippen LogP contribution in [0, 0.1) is 34.0 Å². The largest absolute Gasteiger partial charge is 0.461 e. The van der Waals surface area contributed by atoms with Gasteiger partial charge in [-0.3, -0.25) is 9.59 Å². The number of thioether (sulfide) groups is 1. The van der Waals surface area contributed by atoms with Crippen LogP contribution in [-0.4, -0.2) is 41.1 Å². The quantitative estimate of drug-likeness (QED) is 0.655. The summed E-state index contributed by atoms with van der Waals surface area (Å²) in [6, 6.07) is 0. The van der Waals surface area contributed by atoms with Gasteiger partial charge in [-0.1, -0.05) is 34.6 Å². The molecule has 0 aromatic heterocycles. The molecule has 0 aliphatic heterocycles. The van der Waals surface area contributed by atoms with Crippen LogP contribution >= 0.6 is 11.8 Å². The SMILES string of the molecule is CSCC(=O)OC1CC(C)(C)C(O)C(C)C23CCC(=O)CCC(C)C1(C)C2CC3. The smallest absolute Gasteiger partial charge is 0.316 e. The molecule has 29 heavy (non-hydrogen) atoms. The van der Waals surface area contributed by atoms with Gasteiger partial charge in [0.2, 0.25) is 0 Å². The van der Waals surface area contributed by atoms with Crippen molar-refractivity contribution in [3.8, 4) is 0 Å². The van der Waals surface area contributed by atoms with E-state index in [-0.39, 0.29) is 34.2 Å². The zero-order valence-electron chi connectivity index (χ0n) is 19.1. The molecule has 0 spiro atoms. The van der Waals surface area contributed by atoms with Crippen molar-refractivity contribution < 1.29 is 19.4 Å². The van der Waals surface area contributed by atoms with Crippen molar-refractivity contribution >= 4 is 23.5 Å². The van der Waals surface area contributed by atoms with Gasteiger partial charge in [0.25, 0.3) is 0 Å². The molecule has 4 nitrogen and oxygen atoms in total. The van der Waals surface area contributed by atoms with E-state index in [1.807, 2.05) is 6.26 Å². The summed E-state index contributed by atoms with van der Waals surface area (Å²) < 4.78 is 6.20. The minimum Gasteiger partial charge on any atom is -0.461 e. The first-order valence-corrected chi connectivity index (χ1v) is 12.8. The molecule has 5 heteroatoms. The third kappa shape index (κ3) is 3.79. The lowest BCUT2D eigenvalue weighted by atomic mass is 9.39. The second-order valence-electron chi connectivity index (χ2n) is 11.0. The summed E-state index contributed by atoms with van der Waals surface area (Å²) >= 11 is 1.49. The number of ether oxygens (including phenoxy) is 1. The molecule has 0 heterocycles. The van der Waals surface area contributed by atoms with Crippen molar-refractivity contribution in [1.82, 2.24) is 0 Å². The highest BCUT2D eigenvalue weighted by atomic mass is 32.2. The van der Waals surface area contributed by atoms with Crippen LogP contribution in [0.4, 0.5) is 0 Å². The Labute approximate surface area is 180 Å². The Kier molecular flexibility index (Phi) is 6.52. The van der Waals surface area contributed by atoms with Gasteiger partial charge < -0.3 is 9.84 Å². The van der Waals surface area contributed by atoms with E-state index in [0.29, 0.717) is 42.6 Å². The maximum absolute atomic E-state index is 12.6. The summed E-state index contributed by atoms with van der Waals surface area (Å²) in [4.78, 5) is 25.2. The van der Waals surface area contributed by atoms with Gasteiger partial charge in [0, 0.05) is 18.3 Å². The fourth-order valence-corrected chi connectivity index (χ4v) is 7.33. The highest BCUT2D eigenvalue weighted by molar-refractivity contribution is 7.99. The van der Waals surface area contributed by atoms with Gasteiger partial charge in [-0.2, -0.15) is 11.8 Å². The number of rotatable bonds is 3. The summed E-state index contributed by atoms with van der Waals surface area (Å²) in [6.45, 7) is 11.0. The molecule has 0 aromatic rings. The lowest BCUT2D eigenvalue weighted by molar-refractivity contribution is -0.230. The lowest BCUT2D eigenvalue weighted by Gasteiger charge is -2.66. The maximum atomic E-state index is 12.6. The fourth-order valence-electron chi connectivity index (χ4n) is 7.02. The van der Waals surface area contributed by atoms with E-state index in [0.717, 1.165) is 25.7 Å². The van der Waals surface area contributed by atoms with Crippen molar-refractivity contribution in [2.75, 3.05) is 12.0 Å². The number of ketones is 1. The van der Waals surface area contributed by atoms with Gasteiger partial charge in [-0.15, -0.1) is 0 Å². The first-order chi connectivity index (χ1) is 13.5. The van der Waals surface area contributed by atoms with E-state index in [4.69, 9.17) is 4.74 Å². The predicted molar refractivity (Wildman–Crippen MR) is 118 cm³/mol. The summed E-state index contributed by atoms with van der Waals surface area (Å²) in [7, 11) is 0. The molecule has 0 saturated heterocycles. The number of carbonyl (C=O) groups excluding carboxylic acids is 2. The molecule has 1 N–H and O–H groups in total. The highest BCUT2D eigenvalue weighted by Crippen LogP contribution is 2.68. The zero-order valence-corrected chi connectivity index (χ0v) is 19.9. The monoisotopic (exact) mass is 424 g/mol. The van der Waals surface area contributed by atoms with Gasteiger partial charge in [0.15, 0.2) is 0 Å². The number of esters is 1. The molecule has 3 fully saturated rings. The second kappa shape index (κ2) is 8.18. The minimum atomic E-state index is -0.470. The van der Waals surface area contributed by atoms with E-state index in [2.05, 4.69) is 34.6 Å². The average molecular weight is 425 g/mol. The maximum Gasteiger partial charge on any atom is 0.316 e. The van der Waals surface area contributed by atoms with Gasteiger partial charge in [-0.05, 0) is 66.9 Å². The van der Waals surface area contributed by atoms with Crippen LogP contribution in [-0.2, 0) is 14.3 Å². The zero-order chi connectivity index (χ0) is 21.6. The summed E-state index contributed by atoms with van der Waals surface area (Å²) in [5, 5.41) is 11.4. The topological polar surface area (TPSA) is 63.6 Å². The fraction of sp³-hybridized carbons (Fsp3) is 0.917. The van der Waals surface area contributed by atoms with Crippen LogP contribution in [0.25, 0.3) is 0 Å². The van der Waals surface area contributed by atoms with Gasteiger partial charge in [0.05, 0.1) is 11.9 Å². The number of hydrogen-bond donors (Lipinski definition) is 1. The Morgan fingerprint density at radius 2 is 1.86 bits per heavy atom. The molecule has 166 valence electrons. The van der Waals surface area contributed by atoms with Crippen LogP contribution in [0.2, 0.25) is 0 Å². The predicted octanol–water partition coefficient (Wildman–Crippen LogP) is 4.87. The summed E-state index contributed by atoms with van der Waals surface area (Å²) in [6.07, 6.45) is 7.00. The van der Waals surface area contributed by atoms with E-state index < -0.39 is 6.10 Å². The van der Waals surface area contributed by atoms with Crippen molar-refractivity contribution in [3.63, 3.8) is 0 Å². The molecule has 3 rings (SSSR count). The van der Waals surface area contributed by atoms with Crippen LogP contribution in [0.15, 0.2) is 0 Å². The van der Waals surface area contributed by atoms with Gasteiger partial charge >= 0.3 is 5.97 Å². The van der Waals surface area contributed by atoms with E-state index in [9.17, 15) is 14.7 Å². The highest BCUT2D eigenvalue weighted by Gasteiger charge is 2.65. The van der Waals surface area contributed by atoms with Crippen molar-refractivity contribution in [3.05, 3.63) is 0 Å². The van der Waals surface area contributed by atoms with Crippen molar-refractivity contribution in [1.29, 1.82) is 0 Å². The van der Waals surface area contributed by atoms with Crippen LogP contribution < -0.4 is 0 Å². The summed E-state index contributed by atoms with van der Waals surface area (Å²) in [5.74, 6) is 1.35. The Balaban J connectivity index is 2.12. The molecular weight excluding hydrogens is 384 g/mol. The van der Waals surface area contributed by atoms with Gasteiger partial charge in [0.1, 0.15) is 11.9 Å². The number of Topliss-reactive ketones (excluding diaryl/α,β-unsaturated/α-hetero) is 1. The third-order valence-corrected chi connectivity index (χ3v) is 9.78. The number of aliphatic hydroxyl groups excluding tert-OH is 1. The Hall–Kier alpha value is -0.550.